The van der Waals surface area contributed by atoms with Crippen LogP contribution in [-0.4, -0.2) is 44.7 Å². The quantitative estimate of drug-likeness (QED) is 0.211. The topological polar surface area (TPSA) is 276 Å². The van der Waals surface area contributed by atoms with Gasteiger partial charge in [-0.3, -0.25) is 23.2 Å². The molecule has 0 aliphatic carbocycles. The molecule has 0 spiro atoms. The standard InChI is InChI=1S/C10H17N2O15P3.4Li/c1-12-2-4(9(15)11-10(12)16)8-7(14)6(13)5(25-8)3-24-29(20,21)27-30(22,23)26-28(17,18)19;;;;/h2,5-8,13-14H,3H2,1H3,(H,20,21)(H,22,23)(H,11,15,16)(H2,17,18,19);;;;/q;4*+1/p-4/t5-,6?,7+,8+;;;;/m1..../s1. The van der Waals surface area contributed by atoms with Gasteiger partial charge in [0.2, 0.25) is 0 Å². The van der Waals surface area contributed by atoms with E-state index in [1.165, 1.54) is 7.05 Å². The number of aromatic amines is 1. The van der Waals surface area contributed by atoms with Gasteiger partial charge in [0, 0.05) is 13.2 Å². The molecule has 172 valence electrons. The summed E-state index contributed by atoms with van der Waals surface area (Å²) in [5.41, 5.74) is -2.05. The van der Waals surface area contributed by atoms with Gasteiger partial charge in [0.25, 0.3) is 21.2 Å². The SMILES string of the molecule is Cn1cc([C@@H]2O[C@H](COP(=O)([O-])OP(=O)([O-])OP(=O)([O-])[O-])C(O)[C@@H]2O)c(=O)[nH]c1=O.[Li+].[Li+].[Li+].[Li+]. The number of H-pyrrole nitrogens is 1. The van der Waals surface area contributed by atoms with Crippen LogP contribution in [0.2, 0.25) is 0 Å². The van der Waals surface area contributed by atoms with Crippen molar-refractivity contribution in [2.75, 3.05) is 6.61 Å². The Balaban J connectivity index is -0.00000240. The second kappa shape index (κ2) is 15.1. The number of hydrogen-bond acceptors (Lipinski definition) is 15. The summed E-state index contributed by atoms with van der Waals surface area (Å²) < 4.78 is 49.4. The zero-order chi connectivity index (χ0) is 23.1. The third-order valence-corrected chi connectivity index (χ3v) is 7.27. The molecule has 3 unspecified atom stereocenters. The molecule has 2 heterocycles. The van der Waals surface area contributed by atoms with Crippen molar-refractivity contribution in [3.8, 4) is 0 Å². The Morgan fingerprint density at radius 2 is 1.53 bits per heavy atom. The Kier molecular flexibility index (Phi) is 17.7. The average molecular weight is 522 g/mol. The fraction of sp³-hybridized carbons (Fsp3) is 0.600. The number of phosphoric acid groups is 3. The van der Waals surface area contributed by atoms with Gasteiger partial charge in [0.05, 0.1) is 20.0 Å². The summed E-state index contributed by atoms with van der Waals surface area (Å²) in [6.45, 7) is -1.16. The van der Waals surface area contributed by atoms with Gasteiger partial charge in [-0.05, 0) is 0 Å². The predicted octanol–water partition coefficient (Wildman–Crippen LogP) is -16.9. The predicted molar refractivity (Wildman–Crippen MR) is 82.9 cm³/mol. The molecule has 6 atom stereocenters. The van der Waals surface area contributed by atoms with Crippen LogP contribution in [0.1, 0.15) is 11.7 Å². The molecule has 0 bridgehead atoms. The summed E-state index contributed by atoms with van der Waals surface area (Å²) >= 11 is 0. The summed E-state index contributed by atoms with van der Waals surface area (Å²) in [6, 6.07) is 0. The van der Waals surface area contributed by atoms with E-state index in [0.717, 1.165) is 10.8 Å². The molecule has 1 saturated heterocycles. The Bertz CT molecular complexity index is 1060. The average Bonchev–Trinajstić information content (AvgIpc) is 2.81. The van der Waals surface area contributed by atoms with Crippen molar-refractivity contribution in [2.45, 2.75) is 24.4 Å². The molecule has 17 nitrogen and oxygen atoms in total. The molecule has 2 rings (SSSR count). The number of aliphatic hydroxyl groups excluding tert-OH is 2. The third-order valence-electron chi connectivity index (χ3n) is 3.60. The van der Waals surface area contributed by atoms with Crippen molar-refractivity contribution >= 4 is 23.5 Å². The molecule has 3 N–H and O–H groups in total. The molecule has 1 fully saturated rings. The molecular formula is C10H13Li4N2O15P3. The second-order valence-electron chi connectivity index (χ2n) is 5.83. The number of aryl methyl sites for hydroxylation is 1. The van der Waals surface area contributed by atoms with E-state index in [-0.39, 0.29) is 81.0 Å². The summed E-state index contributed by atoms with van der Waals surface area (Å²) in [7, 11) is -16.9. The minimum Gasteiger partial charge on any atom is -0.790 e. The normalized spacial score (nSPS) is 25.4. The molecule has 0 radical (unpaired) electrons. The van der Waals surface area contributed by atoms with Crippen LogP contribution in [0.5, 0.6) is 0 Å². The Labute approximate surface area is 239 Å². The maximum Gasteiger partial charge on any atom is 1.00 e. The van der Waals surface area contributed by atoms with Crippen LogP contribution in [0.15, 0.2) is 15.8 Å². The fourth-order valence-electron chi connectivity index (χ4n) is 2.38. The number of nitrogens with one attached hydrogen (secondary N) is 1. The number of rotatable bonds is 8. The maximum atomic E-state index is 11.9. The molecule has 1 aliphatic heterocycles. The van der Waals surface area contributed by atoms with Crippen molar-refractivity contribution in [2.24, 2.45) is 7.05 Å². The van der Waals surface area contributed by atoms with Crippen molar-refractivity contribution < 1.29 is 137 Å². The van der Waals surface area contributed by atoms with Crippen LogP contribution in [0.4, 0.5) is 0 Å². The maximum absolute atomic E-state index is 11.9. The minimum atomic E-state index is -6.17. The van der Waals surface area contributed by atoms with Gasteiger partial charge >= 0.3 is 81.1 Å². The van der Waals surface area contributed by atoms with Crippen LogP contribution in [0.25, 0.3) is 0 Å². The summed E-state index contributed by atoms with van der Waals surface area (Å²) in [4.78, 5) is 68.3. The van der Waals surface area contributed by atoms with Gasteiger partial charge in [-0.1, -0.05) is 0 Å². The van der Waals surface area contributed by atoms with Crippen molar-refractivity contribution in [1.82, 2.24) is 9.55 Å². The van der Waals surface area contributed by atoms with Crippen molar-refractivity contribution in [1.29, 1.82) is 0 Å². The number of phosphoric ester groups is 1. The summed E-state index contributed by atoms with van der Waals surface area (Å²) in [5.74, 6) is 0. The van der Waals surface area contributed by atoms with Crippen molar-refractivity contribution in [3.05, 3.63) is 32.6 Å². The number of hydrogen-bond donors (Lipinski definition) is 3. The van der Waals surface area contributed by atoms with E-state index in [0.29, 0.717) is 0 Å². The van der Waals surface area contributed by atoms with Crippen molar-refractivity contribution in [3.63, 3.8) is 0 Å². The second-order valence-corrected chi connectivity index (χ2v) is 10.1. The molecular weight excluding hydrogens is 509 g/mol. The molecule has 1 aromatic heterocycles. The number of nitrogens with zero attached hydrogens (tertiary/aromatic N) is 1. The summed E-state index contributed by atoms with van der Waals surface area (Å²) in [6.07, 6.45) is -5.81. The first-order valence-corrected chi connectivity index (χ1v) is 11.9. The number of aliphatic hydroxyl groups is 2. The molecule has 0 amide bonds. The van der Waals surface area contributed by atoms with E-state index in [1.54, 1.807) is 0 Å². The van der Waals surface area contributed by atoms with Gasteiger partial charge < -0.3 is 48.2 Å². The van der Waals surface area contributed by atoms with E-state index in [4.69, 9.17) is 4.74 Å². The first-order valence-electron chi connectivity index (χ1n) is 7.54. The summed E-state index contributed by atoms with van der Waals surface area (Å²) in [5, 5.41) is 20.0. The zero-order valence-corrected chi connectivity index (χ0v) is 21.3. The van der Waals surface area contributed by atoms with Crippen LogP contribution in [-0.2, 0) is 38.6 Å². The van der Waals surface area contributed by atoms with Gasteiger partial charge in [0.1, 0.15) is 24.4 Å². The molecule has 1 aliphatic rings. The smallest absolute Gasteiger partial charge is 0.790 e. The fourth-order valence-corrected chi connectivity index (χ4v) is 5.24. The van der Waals surface area contributed by atoms with E-state index in [9.17, 15) is 53.1 Å². The van der Waals surface area contributed by atoms with E-state index in [1.807, 2.05) is 4.98 Å². The molecule has 24 heteroatoms. The van der Waals surface area contributed by atoms with E-state index < -0.39 is 65.7 Å². The molecule has 1 aromatic rings. The van der Waals surface area contributed by atoms with Crippen LogP contribution < -0.4 is 106 Å². The Morgan fingerprint density at radius 3 is 2.03 bits per heavy atom. The molecule has 34 heavy (non-hydrogen) atoms. The zero-order valence-electron chi connectivity index (χ0n) is 18.6. The van der Waals surface area contributed by atoms with Crippen LogP contribution >= 0.6 is 23.5 Å². The number of ether oxygens (including phenoxy) is 1. The van der Waals surface area contributed by atoms with Crippen LogP contribution in [0, 0.1) is 0 Å². The monoisotopic (exact) mass is 522 g/mol. The van der Waals surface area contributed by atoms with Crippen LogP contribution in [0.3, 0.4) is 0 Å². The van der Waals surface area contributed by atoms with Gasteiger partial charge in [-0.2, -0.15) is 0 Å². The van der Waals surface area contributed by atoms with Gasteiger partial charge in [0.15, 0.2) is 0 Å². The Hall–Kier alpha value is 1.36. The van der Waals surface area contributed by atoms with E-state index >= 15 is 0 Å². The van der Waals surface area contributed by atoms with Gasteiger partial charge in [-0.25, -0.2) is 9.11 Å². The van der Waals surface area contributed by atoms with E-state index in [2.05, 4.69) is 13.1 Å². The first kappa shape index (κ1) is 39.9. The third kappa shape index (κ3) is 11.4. The molecule has 0 saturated carbocycles. The number of aromatic nitrogens is 2. The first-order chi connectivity index (χ1) is 13.5. The minimum absolute atomic E-state index is 0. The van der Waals surface area contributed by atoms with Gasteiger partial charge in [-0.15, -0.1) is 0 Å². The largest absolute Gasteiger partial charge is 1.00 e. The molecule has 0 aromatic carbocycles. The Morgan fingerprint density at radius 1 is 1.00 bits per heavy atom.